The average molecular weight is 366 g/mol. The molecule has 0 spiro atoms. The van der Waals surface area contributed by atoms with Crippen LogP contribution in [0, 0.1) is 0 Å². The van der Waals surface area contributed by atoms with Gasteiger partial charge in [0, 0.05) is 29.8 Å². The zero-order chi connectivity index (χ0) is 18.5. The highest BCUT2D eigenvalue weighted by atomic mass is 32.1. The molecule has 0 aliphatic heterocycles. The van der Waals surface area contributed by atoms with Crippen molar-refractivity contribution in [3.05, 3.63) is 92.0 Å². The fraction of sp³-hybridized carbons (Fsp3) is 0.238. The zero-order valence-corrected chi connectivity index (χ0v) is 15.8. The Balaban J connectivity index is 1.88. The molecule has 26 heavy (non-hydrogen) atoms. The summed E-state index contributed by atoms with van der Waals surface area (Å²) >= 11 is 1.60. The van der Waals surface area contributed by atoms with Crippen LogP contribution in [-0.4, -0.2) is 10.5 Å². The van der Waals surface area contributed by atoms with Gasteiger partial charge in [-0.15, -0.1) is 11.3 Å². The first-order chi connectivity index (χ1) is 12.6. The fourth-order valence-corrected chi connectivity index (χ4v) is 3.65. The minimum atomic E-state index is -0.251. The first-order valence-electron chi connectivity index (χ1n) is 8.68. The molecule has 0 radical (unpaired) electrons. The van der Waals surface area contributed by atoms with Crippen molar-refractivity contribution >= 4 is 17.2 Å². The zero-order valence-electron chi connectivity index (χ0n) is 14.9. The van der Waals surface area contributed by atoms with Crippen LogP contribution < -0.4 is 10.9 Å². The summed E-state index contributed by atoms with van der Waals surface area (Å²) in [5.74, 6) is -0.251. The summed E-state index contributed by atoms with van der Waals surface area (Å²) in [5, 5.41) is 5.07. The number of nitrogens with one attached hydrogen (secondary N) is 1. The summed E-state index contributed by atoms with van der Waals surface area (Å²) in [6.45, 7) is 2.16. The van der Waals surface area contributed by atoms with E-state index in [0.29, 0.717) is 5.56 Å². The van der Waals surface area contributed by atoms with E-state index in [1.165, 1.54) is 16.2 Å². The third-order valence-electron chi connectivity index (χ3n) is 4.32. The van der Waals surface area contributed by atoms with Crippen LogP contribution in [0.15, 0.2) is 64.9 Å². The van der Waals surface area contributed by atoms with Gasteiger partial charge in [-0.3, -0.25) is 9.59 Å². The quantitative estimate of drug-likeness (QED) is 0.719. The van der Waals surface area contributed by atoms with Crippen LogP contribution in [0.2, 0.25) is 0 Å². The van der Waals surface area contributed by atoms with E-state index in [1.807, 2.05) is 17.5 Å². The Bertz CT molecular complexity index is 927. The Morgan fingerprint density at radius 1 is 1.19 bits per heavy atom. The summed E-state index contributed by atoms with van der Waals surface area (Å²) in [5.41, 5.74) is 2.50. The number of thiophene rings is 1. The van der Waals surface area contributed by atoms with Crippen LogP contribution in [0.5, 0.6) is 0 Å². The molecule has 134 valence electrons. The van der Waals surface area contributed by atoms with E-state index in [0.717, 1.165) is 23.3 Å². The molecule has 3 rings (SSSR count). The van der Waals surface area contributed by atoms with Gasteiger partial charge in [0.15, 0.2) is 0 Å². The second-order valence-corrected chi connectivity index (χ2v) is 7.26. The van der Waals surface area contributed by atoms with Gasteiger partial charge < -0.3 is 9.88 Å². The minimum absolute atomic E-state index is 0.200. The lowest BCUT2D eigenvalue weighted by molar-refractivity contribution is 0.0943. The third-order valence-corrected chi connectivity index (χ3v) is 5.26. The minimum Gasteiger partial charge on any atom is -0.340 e. The number of hydrogen-bond acceptors (Lipinski definition) is 3. The molecule has 5 heteroatoms. The standard InChI is InChI=1S/C21H22N2O2S/c1-3-5-15-7-9-16(10-8-15)20(18-6-4-13-26-18)22-21(25)17-11-12-23(2)19(24)14-17/h4,6-14,20H,3,5H2,1-2H3,(H,22,25)/t20-/m0/s1. The highest BCUT2D eigenvalue weighted by Crippen LogP contribution is 2.27. The predicted octanol–water partition coefficient (Wildman–Crippen LogP) is 3.92. The van der Waals surface area contributed by atoms with Crippen LogP contribution in [0.25, 0.3) is 0 Å². The van der Waals surface area contributed by atoms with Gasteiger partial charge in [0.1, 0.15) is 0 Å². The molecular formula is C21H22N2O2S. The Labute approximate surface area is 157 Å². The Hall–Kier alpha value is -2.66. The fourth-order valence-electron chi connectivity index (χ4n) is 2.84. The first-order valence-corrected chi connectivity index (χ1v) is 9.56. The lowest BCUT2D eigenvalue weighted by atomic mass is 10.0. The molecule has 1 amide bonds. The molecule has 0 unspecified atom stereocenters. The molecule has 3 aromatic rings. The van der Waals surface area contributed by atoms with Gasteiger partial charge in [0.2, 0.25) is 0 Å². The van der Waals surface area contributed by atoms with Crippen LogP contribution in [0.3, 0.4) is 0 Å². The van der Waals surface area contributed by atoms with Crippen molar-refractivity contribution in [3.63, 3.8) is 0 Å². The van der Waals surface area contributed by atoms with E-state index in [2.05, 4.69) is 36.5 Å². The van der Waals surface area contributed by atoms with E-state index in [-0.39, 0.29) is 17.5 Å². The Morgan fingerprint density at radius 3 is 2.58 bits per heavy atom. The van der Waals surface area contributed by atoms with Gasteiger partial charge in [-0.05, 0) is 35.1 Å². The number of benzene rings is 1. The summed E-state index contributed by atoms with van der Waals surface area (Å²) in [4.78, 5) is 25.6. The van der Waals surface area contributed by atoms with Crippen molar-refractivity contribution < 1.29 is 4.79 Å². The Morgan fingerprint density at radius 2 is 1.96 bits per heavy atom. The molecule has 1 aromatic carbocycles. The molecule has 0 saturated carbocycles. The average Bonchev–Trinajstić information content (AvgIpc) is 3.17. The van der Waals surface area contributed by atoms with Crippen LogP contribution >= 0.6 is 11.3 Å². The third kappa shape index (κ3) is 4.11. The van der Waals surface area contributed by atoms with Gasteiger partial charge in [-0.1, -0.05) is 43.7 Å². The van der Waals surface area contributed by atoms with Crippen LogP contribution in [0.1, 0.15) is 45.7 Å². The summed E-state index contributed by atoms with van der Waals surface area (Å²) in [7, 11) is 1.66. The monoisotopic (exact) mass is 366 g/mol. The van der Waals surface area contributed by atoms with Crippen LogP contribution in [-0.2, 0) is 13.5 Å². The summed E-state index contributed by atoms with van der Waals surface area (Å²) in [6.07, 6.45) is 3.76. The molecule has 0 saturated heterocycles. The molecule has 1 N–H and O–H groups in total. The molecule has 1 atom stereocenters. The van der Waals surface area contributed by atoms with Crippen LogP contribution in [0.4, 0.5) is 0 Å². The number of nitrogens with zero attached hydrogens (tertiary/aromatic N) is 1. The number of aromatic nitrogens is 1. The molecule has 0 aliphatic rings. The normalized spacial score (nSPS) is 11.9. The number of aryl methyl sites for hydroxylation is 2. The molecular weight excluding hydrogens is 344 g/mol. The highest BCUT2D eigenvalue weighted by Gasteiger charge is 2.19. The lowest BCUT2D eigenvalue weighted by Crippen LogP contribution is -2.30. The second-order valence-electron chi connectivity index (χ2n) is 6.28. The SMILES string of the molecule is CCCc1ccc([C@H](NC(=O)c2ccn(C)c(=O)c2)c2cccs2)cc1. The van der Waals surface area contributed by atoms with E-state index in [9.17, 15) is 9.59 Å². The van der Waals surface area contributed by atoms with E-state index >= 15 is 0 Å². The number of rotatable bonds is 6. The second kappa shape index (κ2) is 8.15. The summed E-state index contributed by atoms with van der Waals surface area (Å²) in [6, 6.07) is 15.1. The van der Waals surface area contributed by atoms with Gasteiger partial charge in [-0.25, -0.2) is 0 Å². The van der Waals surface area contributed by atoms with Gasteiger partial charge in [0.25, 0.3) is 11.5 Å². The van der Waals surface area contributed by atoms with Crippen molar-refractivity contribution in [3.8, 4) is 0 Å². The predicted molar refractivity (Wildman–Crippen MR) is 106 cm³/mol. The van der Waals surface area contributed by atoms with Crippen molar-refractivity contribution in [1.82, 2.24) is 9.88 Å². The number of hydrogen-bond donors (Lipinski definition) is 1. The topological polar surface area (TPSA) is 51.1 Å². The maximum atomic E-state index is 12.7. The summed E-state index contributed by atoms with van der Waals surface area (Å²) < 4.78 is 1.44. The number of carbonyl (C=O) groups is 1. The number of amides is 1. The van der Waals surface area contributed by atoms with Crippen molar-refractivity contribution in [2.45, 2.75) is 25.8 Å². The lowest BCUT2D eigenvalue weighted by Gasteiger charge is -2.19. The van der Waals surface area contributed by atoms with Crippen molar-refractivity contribution in [2.24, 2.45) is 7.05 Å². The smallest absolute Gasteiger partial charge is 0.252 e. The van der Waals surface area contributed by atoms with Gasteiger partial charge in [0.05, 0.1) is 6.04 Å². The molecule has 0 fully saturated rings. The first kappa shape index (κ1) is 18.1. The Kier molecular flexibility index (Phi) is 5.68. The maximum absolute atomic E-state index is 12.7. The van der Waals surface area contributed by atoms with Crippen molar-refractivity contribution in [2.75, 3.05) is 0 Å². The van der Waals surface area contributed by atoms with E-state index in [1.54, 1.807) is 30.6 Å². The van der Waals surface area contributed by atoms with E-state index < -0.39 is 0 Å². The van der Waals surface area contributed by atoms with Crippen molar-refractivity contribution in [1.29, 1.82) is 0 Å². The molecule has 0 aliphatic carbocycles. The van der Waals surface area contributed by atoms with E-state index in [4.69, 9.17) is 0 Å². The largest absolute Gasteiger partial charge is 0.340 e. The number of carbonyl (C=O) groups excluding carboxylic acids is 1. The number of pyridine rings is 1. The maximum Gasteiger partial charge on any atom is 0.252 e. The molecule has 2 heterocycles. The van der Waals surface area contributed by atoms with Gasteiger partial charge >= 0.3 is 0 Å². The molecule has 0 bridgehead atoms. The highest BCUT2D eigenvalue weighted by molar-refractivity contribution is 7.10. The molecule has 4 nitrogen and oxygen atoms in total. The van der Waals surface area contributed by atoms with Gasteiger partial charge in [-0.2, -0.15) is 0 Å². The molecule has 2 aromatic heterocycles.